The lowest BCUT2D eigenvalue weighted by atomic mass is 10.1. The Morgan fingerprint density at radius 3 is 2.88 bits per heavy atom. The van der Waals surface area contributed by atoms with Gasteiger partial charge in [0, 0.05) is 51.0 Å². The summed E-state index contributed by atoms with van der Waals surface area (Å²) in [5, 5.41) is 0. The zero-order valence-electron chi connectivity index (χ0n) is 13.3. The Hall–Kier alpha value is -2.38. The molecule has 0 radical (unpaired) electrons. The van der Waals surface area contributed by atoms with Crippen LogP contribution in [-0.2, 0) is 11.3 Å². The first-order chi connectivity index (χ1) is 11.8. The molecule has 4 rings (SSSR count). The number of pyridine rings is 1. The van der Waals surface area contributed by atoms with Crippen LogP contribution in [0.25, 0.3) is 0 Å². The number of carbonyl (C=O) groups excluding carboxylic acids is 1. The minimum atomic E-state index is -0.0325. The fraction of sp³-hybridized carbons (Fsp3) is 0.412. The monoisotopic (exact) mass is 325 g/mol. The molecule has 24 heavy (non-hydrogen) atoms. The first kappa shape index (κ1) is 15.2. The number of aromatic nitrogens is 3. The molecule has 0 unspecified atom stereocenters. The number of hydrogen-bond donors (Lipinski definition) is 0. The molecule has 2 aliphatic heterocycles. The molecule has 0 N–H and O–H groups in total. The molecule has 4 heterocycles. The van der Waals surface area contributed by atoms with Gasteiger partial charge in [0.15, 0.2) is 0 Å². The highest BCUT2D eigenvalue weighted by molar-refractivity contribution is 5.93. The van der Waals surface area contributed by atoms with E-state index in [9.17, 15) is 4.79 Å². The molecule has 0 aliphatic carbocycles. The summed E-state index contributed by atoms with van der Waals surface area (Å²) in [7, 11) is 0. The van der Waals surface area contributed by atoms with Crippen molar-refractivity contribution >= 4 is 5.91 Å². The lowest BCUT2D eigenvalue weighted by Gasteiger charge is -2.36. The largest absolute Gasteiger partial charge is 0.373 e. The second-order valence-corrected chi connectivity index (χ2v) is 6.15. The fourth-order valence-electron chi connectivity index (χ4n) is 3.44. The fourth-order valence-corrected chi connectivity index (χ4v) is 3.44. The molecule has 7 heteroatoms. The Labute approximate surface area is 140 Å². The van der Waals surface area contributed by atoms with E-state index in [1.165, 1.54) is 11.9 Å². The lowest BCUT2D eigenvalue weighted by Crippen LogP contribution is -2.50. The summed E-state index contributed by atoms with van der Waals surface area (Å²) in [5.74, 6) is -0.0325. The van der Waals surface area contributed by atoms with Crippen LogP contribution < -0.4 is 0 Å². The van der Waals surface area contributed by atoms with Gasteiger partial charge in [0.25, 0.3) is 5.91 Å². The van der Waals surface area contributed by atoms with Crippen LogP contribution in [0.3, 0.4) is 0 Å². The number of morpholine rings is 1. The van der Waals surface area contributed by atoms with Crippen molar-refractivity contribution in [1.29, 1.82) is 0 Å². The molecule has 0 bridgehead atoms. The summed E-state index contributed by atoms with van der Waals surface area (Å²) in [4.78, 5) is 28.9. The van der Waals surface area contributed by atoms with Gasteiger partial charge in [0.1, 0.15) is 6.33 Å². The maximum Gasteiger partial charge on any atom is 0.257 e. The smallest absolute Gasteiger partial charge is 0.257 e. The van der Waals surface area contributed by atoms with Gasteiger partial charge in [-0.05, 0) is 11.6 Å². The van der Waals surface area contributed by atoms with Crippen LogP contribution in [0.5, 0.6) is 0 Å². The summed E-state index contributed by atoms with van der Waals surface area (Å²) >= 11 is 0. The van der Waals surface area contributed by atoms with Gasteiger partial charge in [-0.1, -0.05) is 6.07 Å². The van der Waals surface area contributed by atoms with Crippen molar-refractivity contribution in [3.8, 4) is 0 Å². The minimum absolute atomic E-state index is 0.0325. The van der Waals surface area contributed by atoms with Gasteiger partial charge in [-0.25, -0.2) is 9.97 Å². The van der Waals surface area contributed by atoms with Crippen LogP contribution in [0.2, 0.25) is 0 Å². The highest BCUT2D eigenvalue weighted by Crippen LogP contribution is 2.25. The van der Waals surface area contributed by atoms with E-state index in [1.807, 2.05) is 17.2 Å². The predicted molar refractivity (Wildman–Crippen MR) is 86.1 cm³/mol. The highest BCUT2D eigenvalue weighted by Gasteiger charge is 2.41. The average molecular weight is 325 g/mol. The Morgan fingerprint density at radius 1 is 1.21 bits per heavy atom. The van der Waals surface area contributed by atoms with E-state index in [2.05, 4.69) is 25.9 Å². The first-order valence-corrected chi connectivity index (χ1v) is 8.10. The molecule has 2 saturated heterocycles. The minimum Gasteiger partial charge on any atom is -0.373 e. The molecule has 2 aromatic rings. The van der Waals surface area contributed by atoms with E-state index >= 15 is 0 Å². The number of hydrogen-bond acceptors (Lipinski definition) is 6. The number of likely N-dealkylation sites (tertiary alicyclic amines) is 1. The number of rotatable bonds is 3. The number of nitrogens with zero attached hydrogens (tertiary/aromatic N) is 5. The van der Waals surface area contributed by atoms with Gasteiger partial charge in [0.05, 0.1) is 24.3 Å². The summed E-state index contributed by atoms with van der Waals surface area (Å²) in [5.41, 5.74) is 1.70. The summed E-state index contributed by atoms with van der Waals surface area (Å²) < 4.78 is 5.90. The second kappa shape index (κ2) is 6.62. The van der Waals surface area contributed by atoms with Crippen LogP contribution in [0, 0.1) is 0 Å². The average Bonchev–Trinajstić information content (AvgIpc) is 3.08. The van der Waals surface area contributed by atoms with Gasteiger partial charge in [-0.15, -0.1) is 0 Å². The molecule has 0 aromatic carbocycles. The first-order valence-electron chi connectivity index (χ1n) is 8.10. The van der Waals surface area contributed by atoms with E-state index < -0.39 is 0 Å². The van der Waals surface area contributed by atoms with Crippen molar-refractivity contribution in [2.45, 2.75) is 18.7 Å². The van der Waals surface area contributed by atoms with Crippen molar-refractivity contribution < 1.29 is 9.53 Å². The molecular weight excluding hydrogens is 306 g/mol. The molecule has 2 aromatic heterocycles. The quantitative estimate of drug-likeness (QED) is 0.823. The zero-order valence-corrected chi connectivity index (χ0v) is 13.3. The molecule has 1 amide bonds. The summed E-state index contributed by atoms with van der Waals surface area (Å²) in [6, 6.07) is 4.25. The molecule has 2 atom stereocenters. The topological polar surface area (TPSA) is 71.5 Å². The molecule has 0 saturated carbocycles. The number of ether oxygens (including phenoxy) is 1. The highest BCUT2D eigenvalue weighted by atomic mass is 16.5. The molecule has 124 valence electrons. The van der Waals surface area contributed by atoms with Gasteiger partial charge >= 0.3 is 0 Å². The molecular formula is C17H19N5O2. The van der Waals surface area contributed by atoms with Crippen LogP contribution in [0.15, 0.2) is 43.2 Å². The van der Waals surface area contributed by atoms with Crippen molar-refractivity contribution in [3.63, 3.8) is 0 Å². The maximum atomic E-state index is 12.6. The second-order valence-electron chi connectivity index (χ2n) is 6.15. The normalized spacial score (nSPS) is 23.9. The standard InChI is InChI=1S/C17H19N5O2/c23-17(14-7-19-12-20-8-14)22-10-15-16(11-22)24-5-4-21(15)9-13-2-1-3-18-6-13/h1-3,6-8,12,15-16H,4-5,9-11H2/t15-,16-/m0/s1. The predicted octanol–water partition coefficient (Wildman–Crippen LogP) is 0.597. The zero-order chi connectivity index (χ0) is 16.4. The Morgan fingerprint density at radius 2 is 2.08 bits per heavy atom. The van der Waals surface area contributed by atoms with Crippen molar-refractivity contribution in [2.24, 2.45) is 0 Å². The molecule has 2 fully saturated rings. The lowest BCUT2D eigenvalue weighted by molar-refractivity contribution is -0.0503. The maximum absolute atomic E-state index is 12.6. The molecule has 2 aliphatic rings. The number of carbonyl (C=O) groups is 1. The van der Waals surface area contributed by atoms with Crippen LogP contribution in [-0.4, -0.2) is 69.0 Å². The van der Waals surface area contributed by atoms with Gasteiger partial charge in [0.2, 0.25) is 0 Å². The van der Waals surface area contributed by atoms with Gasteiger partial charge in [-0.2, -0.15) is 0 Å². The molecule has 0 spiro atoms. The number of amides is 1. The SMILES string of the molecule is O=C(c1cncnc1)N1C[C@@H]2OCCN(Cc3cccnc3)[C@H]2C1. The van der Waals surface area contributed by atoms with Crippen molar-refractivity contribution in [3.05, 3.63) is 54.4 Å². The Bertz CT molecular complexity index is 697. The Balaban J connectivity index is 1.47. The van der Waals surface area contributed by atoms with E-state index in [0.29, 0.717) is 25.3 Å². The third kappa shape index (κ3) is 3.00. The van der Waals surface area contributed by atoms with Crippen molar-refractivity contribution in [2.75, 3.05) is 26.2 Å². The Kier molecular flexibility index (Phi) is 4.18. The molecule has 7 nitrogen and oxygen atoms in total. The van der Waals surface area contributed by atoms with Gasteiger partial charge < -0.3 is 9.64 Å². The summed E-state index contributed by atoms with van der Waals surface area (Å²) in [6.45, 7) is 3.67. The third-order valence-corrected chi connectivity index (χ3v) is 4.62. The van der Waals surface area contributed by atoms with E-state index in [4.69, 9.17) is 4.74 Å². The van der Waals surface area contributed by atoms with E-state index in [1.54, 1.807) is 18.6 Å². The van der Waals surface area contributed by atoms with Crippen LogP contribution in [0.1, 0.15) is 15.9 Å². The van der Waals surface area contributed by atoms with E-state index in [-0.39, 0.29) is 18.1 Å². The van der Waals surface area contributed by atoms with E-state index in [0.717, 1.165) is 13.1 Å². The van der Waals surface area contributed by atoms with Crippen molar-refractivity contribution in [1.82, 2.24) is 24.8 Å². The third-order valence-electron chi connectivity index (χ3n) is 4.62. The van der Waals surface area contributed by atoms with Crippen LogP contribution in [0.4, 0.5) is 0 Å². The summed E-state index contributed by atoms with van der Waals surface area (Å²) in [6.07, 6.45) is 8.29. The van der Waals surface area contributed by atoms with Crippen LogP contribution >= 0.6 is 0 Å². The van der Waals surface area contributed by atoms with Gasteiger partial charge in [-0.3, -0.25) is 14.7 Å². The number of fused-ring (bicyclic) bond motifs is 1.